The van der Waals surface area contributed by atoms with Gasteiger partial charge in [-0.2, -0.15) is 4.98 Å². The second-order valence-corrected chi connectivity index (χ2v) is 5.10. The molecule has 0 bridgehead atoms. The van der Waals surface area contributed by atoms with E-state index in [1.54, 1.807) is 6.33 Å². The molecule has 0 aliphatic heterocycles. The molecule has 19 heavy (non-hydrogen) atoms. The van der Waals surface area contributed by atoms with Gasteiger partial charge in [0, 0.05) is 5.69 Å². The van der Waals surface area contributed by atoms with Crippen LogP contribution in [0.1, 0.15) is 24.2 Å². The zero-order chi connectivity index (χ0) is 13.4. The molecule has 2 aromatic rings. The maximum absolute atomic E-state index is 5.91. The lowest BCUT2D eigenvalue weighted by atomic mass is 10.3. The molecule has 0 saturated heterocycles. The zero-order valence-corrected chi connectivity index (χ0v) is 11.3. The summed E-state index contributed by atoms with van der Waals surface area (Å²) in [5.41, 5.74) is 8.56. The number of hydrogen-bond donors (Lipinski definition) is 1. The van der Waals surface area contributed by atoms with E-state index in [2.05, 4.69) is 9.97 Å². The average molecular weight is 258 g/mol. The maximum Gasteiger partial charge on any atom is 0.239 e. The Morgan fingerprint density at radius 2 is 2.16 bits per heavy atom. The van der Waals surface area contributed by atoms with Gasteiger partial charge < -0.3 is 10.5 Å². The predicted octanol–water partition coefficient (Wildman–Crippen LogP) is 2.26. The molecule has 5 nitrogen and oxygen atoms in total. The third kappa shape index (κ3) is 2.41. The Hall–Kier alpha value is -2.04. The Balaban J connectivity index is 1.89. The van der Waals surface area contributed by atoms with E-state index in [-0.39, 0.29) is 0 Å². The fourth-order valence-electron chi connectivity index (χ4n) is 1.90. The van der Waals surface area contributed by atoms with Crippen molar-refractivity contribution in [2.45, 2.75) is 26.7 Å². The van der Waals surface area contributed by atoms with E-state index >= 15 is 0 Å². The van der Waals surface area contributed by atoms with Crippen LogP contribution in [0, 0.1) is 19.8 Å². The molecule has 2 aromatic heterocycles. The summed E-state index contributed by atoms with van der Waals surface area (Å²) >= 11 is 0. The van der Waals surface area contributed by atoms with Crippen LogP contribution in [-0.4, -0.2) is 21.1 Å². The highest BCUT2D eigenvalue weighted by Gasteiger charge is 2.22. The van der Waals surface area contributed by atoms with Gasteiger partial charge in [-0.25, -0.2) is 4.98 Å². The van der Waals surface area contributed by atoms with E-state index in [9.17, 15) is 0 Å². The van der Waals surface area contributed by atoms with Gasteiger partial charge in [0.15, 0.2) is 0 Å². The van der Waals surface area contributed by atoms with Gasteiger partial charge in [0.05, 0.1) is 18.0 Å². The van der Waals surface area contributed by atoms with Crippen molar-refractivity contribution in [2.75, 3.05) is 12.3 Å². The highest BCUT2D eigenvalue weighted by molar-refractivity contribution is 5.51. The van der Waals surface area contributed by atoms with Gasteiger partial charge in [-0.1, -0.05) is 0 Å². The molecular weight excluding hydrogens is 240 g/mol. The molecule has 3 rings (SSSR count). The van der Waals surface area contributed by atoms with E-state index in [1.165, 1.54) is 12.8 Å². The van der Waals surface area contributed by atoms with E-state index in [1.807, 2.05) is 30.5 Å². The lowest BCUT2D eigenvalue weighted by molar-refractivity contribution is 0.290. The van der Waals surface area contributed by atoms with Crippen LogP contribution in [0.4, 0.5) is 5.69 Å². The molecule has 2 N–H and O–H groups in total. The number of hydrogen-bond acceptors (Lipinski definition) is 4. The van der Waals surface area contributed by atoms with Crippen molar-refractivity contribution in [2.24, 2.45) is 5.92 Å². The molecule has 100 valence electrons. The minimum Gasteiger partial charge on any atom is -0.476 e. The zero-order valence-electron chi connectivity index (χ0n) is 11.3. The highest BCUT2D eigenvalue weighted by Crippen LogP contribution is 2.30. The van der Waals surface area contributed by atoms with Crippen molar-refractivity contribution in [1.82, 2.24) is 14.5 Å². The third-order valence-electron chi connectivity index (χ3n) is 3.53. The first kappa shape index (κ1) is 12.0. The maximum atomic E-state index is 5.91. The van der Waals surface area contributed by atoms with Gasteiger partial charge in [-0.3, -0.25) is 4.57 Å². The second-order valence-electron chi connectivity index (χ2n) is 5.10. The van der Waals surface area contributed by atoms with Gasteiger partial charge in [0.1, 0.15) is 12.1 Å². The van der Waals surface area contributed by atoms with Gasteiger partial charge in [-0.15, -0.1) is 0 Å². The van der Waals surface area contributed by atoms with E-state index in [0.29, 0.717) is 24.1 Å². The topological polar surface area (TPSA) is 66.0 Å². The Morgan fingerprint density at radius 3 is 2.79 bits per heavy atom. The van der Waals surface area contributed by atoms with Crippen LogP contribution in [0.25, 0.3) is 5.82 Å². The third-order valence-corrected chi connectivity index (χ3v) is 3.53. The van der Waals surface area contributed by atoms with E-state index in [0.717, 1.165) is 17.2 Å². The smallest absolute Gasteiger partial charge is 0.239 e. The number of anilines is 1. The molecule has 1 fully saturated rings. The number of nitrogens with zero attached hydrogens (tertiary/aromatic N) is 3. The summed E-state index contributed by atoms with van der Waals surface area (Å²) in [7, 11) is 0. The van der Waals surface area contributed by atoms with Gasteiger partial charge in [-0.05, 0) is 44.7 Å². The van der Waals surface area contributed by atoms with Crippen molar-refractivity contribution < 1.29 is 4.74 Å². The summed E-state index contributed by atoms with van der Waals surface area (Å²) < 4.78 is 7.64. The minimum absolute atomic E-state index is 0.523. The van der Waals surface area contributed by atoms with E-state index < -0.39 is 0 Å². The monoisotopic (exact) mass is 258 g/mol. The van der Waals surface area contributed by atoms with Crippen molar-refractivity contribution in [3.63, 3.8) is 0 Å². The summed E-state index contributed by atoms with van der Waals surface area (Å²) in [6.45, 7) is 4.71. The van der Waals surface area contributed by atoms with Crippen LogP contribution in [0.2, 0.25) is 0 Å². The molecular formula is C14H18N4O. The van der Waals surface area contributed by atoms with Crippen molar-refractivity contribution >= 4 is 5.69 Å². The number of ether oxygens (including phenoxy) is 1. The first-order valence-corrected chi connectivity index (χ1v) is 6.55. The molecule has 0 atom stereocenters. The molecule has 0 radical (unpaired) electrons. The molecule has 5 heteroatoms. The van der Waals surface area contributed by atoms with Crippen LogP contribution in [0.3, 0.4) is 0 Å². The summed E-state index contributed by atoms with van der Waals surface area (Å²) in [4.78, 5) is 8.77. The summed E-state index contributed by atoms with van der Waals surface area (Å²) in [5, 5.41) is 0. The molecule has 0 aromatic carbocycles. The SMILES string of the molecule is Cc1ncn(-c2ccc(N)c(OCC3CC3)n2)c1C. The molecule has 0 amide bonds. The Bertz CT molecular complexity index is 601. The molecule has 0 spiro atoms. The number of pyridine rings is 1. The summed E-state index contributed by atoms with van der Waals surface area (Å²) in [6, 6.07) is 3.72. The lowest BCUT2D eigenvalue weighted by Crippen LogP contribution is -2.06. The number of aryl methyl sites for hydroxylation is 1. The molecule has 1 saturated carbocycles. The van der Waals surface area contributed by atoms with Crippen LogP contribution < -0.4 is 10.5 Å². The lowest BCUT2D eigenvalue weighted by Gasteiger charge is -2.10. The minimum atomic E-state index is 0.523. The van der Waals surface area contributed by atoms with Crippen molar-refractivity contribution in [3.8, 4) is 11.7 Å². The Morgan fingerprint density at radius 1 is 1.37 bits per heavy atom. The van der Waals surface area contributed by atoms with Crippen LogP contribution in [-0.2, 0) is 0 Å². The van der Waals surface area contributed by atoms with Crippen molar-refractivity contribution in [3.05, 3.63) is 29.8 Å². The van der Waals surface area contributed by atoms with Crippen LogP contribution in [0.15, 0.2) is 18.5 Å². The van der Waals surface area contributed by atoms with Gasteiger partial charge >= 0.3 is 0 Å². The first-order chi connectivity index (χ1) is 9.15. The predicted molar refractivity (Wildman–Crippen MR) is 73.5 cm³/mol. The molecule has 1 aliphatic carbocycles. The Kier molecular flexibility index (Phi) is 2.89. The number of aromatic nitrogens is 3. The molecule has 1 aliphatic rings. The Labute approximate surface area is 112 Å². The normalized spacial score (nSPS) is 14.6. The fourth-order valence-corrected chi connectivity index (χ4v) is 1.90. The number of imidazole rings is 1. The number of nitrogens with two attached hydrogens (primary N) is 1. The first-order valence-electron chi connectivity index (χ1n) is 6.55. The standard InChI is InChI=1S/C14H18N4O/c1-9-10(2)18(8-16-9)13-6-5-12(15)14(17-13)19-7-11-3-4-11/h5-6,8,11H,3-4,7,15H2,1-2H3. The highest BCUT2D eigenvalue weighted by atomic mass is 16.5. The van der Waals surface area contributed by atoms with Crippen molar-refractivity contribution in [1.29, 1.82) is 0 Å². The summed E-state index contributed by atoms with van der Waals surface area (Å²) in [6.07, 6.45) is 4.27. The molecule has 0 unspecified atom stereocenters. The van der Waals surface area contributed by atoms with Crippen LogP contribution in [0.5, 0.6) is 5.88 Å². The molecule has 2 heterocycles. The largest absolute Gasteiger partial charge is 0.476 e. The summed E-state index contributed by atoms with van der Waals surface area (Å²) in [5.74, 6) is 2.00. The fraction of sp³-hybridized carbons (Fsp3) is 0.429. The number of rotatable bonds is 4. The van der Waals surface area contributed by atoms with Gasteiger partial charge in [0.2, 0.25) is 5.88 Å². The van der Waals surface area contributed by atoms with Gasteiger partial charge in [0.25, 0.3) is 0 Å². The second kappa shape index (κ2) is 4.57. The average Bonchev–Trinajstić information content (AvgIpc) is 3.17. The quantitative estimate of drug-likeness (QED) is 0.913. The number of nitrogen functional groups attached to an aromatic ring is 1. The van der Waals surface area contributed by atoms with Crippen LogP contribution >= 0.6 is 0 Å². The van der Waals surface area contributed by atoms with E-state index in [4.69, 9.17) is 10.5 Å².